The molecule has 2 aliphatic rings. The summed E-state index contributed by atoms with van der Waals surface area (Å²) in [7, 11) is 0. The van der Waals surface area contributed by atoms with Crippen LogP contribution in [0.5, 0.6) is 0 Å². The van der Waals surface area contributed by atoms with Crippen LogP contribution in [0.3, 0.4) is 0 Å². The smallest absolute Gasteiger partial charge is 0.317 e. The van der Waals surface area contributed by atoms with Crippen molar-refractivity contribution in [1.82, 2.24) is 10.2 Å². The number of carboxylic acid groups (broad SMARTS) is 1. The number of likely N-dealkylation sites (tertiary alicyclic amines) is 1. The highest BCUT2D eigenvalue weighted by molar-refractivity contribution is 5.78. The molecule has 1 saturated carbocycles. The molecule has 1 heterocycles. The van der Waals surface area contributed by atoms with Crippen LogP contribution in [0.1, 0.15) is 64.2 Å². The molecule has 2 N–H and O–H groups in total. The molecule has 2 rings (SSSR count). The second-order valence-electron chi connectivity index (χ2n) is 6.56. The number of rotatable bonds is 3. The molecule has 0 bridgehead atoms. The quantitative estimate of drug-likeness (QED) is 0.787. The molecule has 1 aliphatic carbocycles. The summed E-state index contributed by atoms with van der Waals surface area (Å²) in [6.07, 6.45) is 9.95. The van der Waals surface area contributed by atoms with E-state index >= 15 is 0 Å². The van der Waals surface area contributed by atoms with Gasteiger partial charge in [-0.1, -0.05) is 38.5 Å². The first-order valence-corrected chi connectivity index (χ1v) is 8.40. The monoisotopic (exact) mass is 296 g/mol. The molecule has 120 valence electrons. The number of carboxylic acids is 1. The number of urea groups is 1. The summed E-state index contributed by atoms with van der Waals surface area (Å²) in [5.74, 6) is -0.749. The van der Waals surface area contributed by atoms with E-state index in [-0.39, 0.29) is 12.6 Å². The molecule has 0 spiro atoms. The minimum absolute atomic E-state index is 0.0817. The highest BCUT2D eigenvalue weighted by atomic mass is 16.4. The molecular weight excluding hydrogens is 268 g/mol. The van der Waals surface area contributed by atoms with Crippen molar-refractivity contribution in [2.24, 2.45) is 5.41 Å². The molecule has 1 saturated heterocycles. The maximum atomic E-state index is 12.3. The van der Waals surface area contributed by atoms with E-state index < -0.39 is 11.4 Å². The van der Waals surface area contributed by atoms with Gasteiger partial charge in [0.05, 0.1) is 5.41 Å². The van der Waals surface area contributed by atoms with Crippen molar-refractivity contribution in [1.29, 1.82) is 0 Å². The van der Waals surface area contributed by atoms with Crippen LogP contribution in [0.4, 0.5) is 4.79 Å². The number of nitrogens with one attached hydrogen (secondary N) is 1. The average molecular weight is 296 g/mol. The van der Waals surface area contributed by atoms with Crippen LogP contribution in [0.25, 0.3) is 0 Å². The Labute approximate surface area is 127 Å². The van der Waals surface area contributed by atoms with Crippen LogP contribution in [-0.4, -0.2) is 41.6 Å². The first kappa shape index (κ1) is 16.1. The summed E-state index contributed by atoms with van der Waals surface area (Å²) in [6.45, 7) is 1.87. The largest absolute Gasteiger partial charge is 0.481 e. The first-order valence-electron chi connectivity index (χ1n) is 8.40. The van der Waals surface area contributed by atoms with Gasteiger partial charge in [0.1, 0.15) is 0 Å². The van der Waals surface area contributed by atoms with Gasteiger partial charge >= 0.3 is 12.0 Å². The van der Waals surface area contributed by atoms with Gasteiger partial charge in [-0.25, -0.2) is 4.79 Å². The minimum Gasteiger partial charge on any atom is -0.481 e. The van der Waals surface area contributed by atoms with Gasteiger partial charge in [-0.2, -0.15) is 0 Å². The third-order valence-corrected chi connectivity index (χ3v) is 4.99. The van der Waals surface area contributed by atoms with Gasteiger partial charge < -0.3 is 15.3 Å². The van der Waals surface area contributed by atoms with Crippen molar-refractivity contribution >= 4 is 12.0 Å². The lowest BCUT2D eigenvalue weighted by molar-refractivity contribution is -0.149. The molecule has 1 aliphatic heterocycles. The third kappa shape index (κ3) is 4.35. The summed E-state index contributed by atoms with van der Waals surface area (Å²) < 4.78 is 0. The minimum atomic E-state index is -0.752. The predicted molar refractivity (Wildman–Crippen MR) is 81.2 cm³/mol. The van der Waals surface area contributed by atoms with Gasteiger partial charge in [-0.05, 0) is 25.7 Å². The van der Waals surface area contributed by atoms with Crippen molar-refractivity contribution in [3.05, 3.63) is 0 Å². The number of amides is 2. The fraction of sp³-hybridized carbons (Fsp3) is 0.875. The number of carbonyl (C=O) groups excluding carboxylic acids is 1. The Morgan fingerprint density at radius 3 is 1.95 bits per heavy atom. The fourth-order valence-electron chi connectivity index (χ4n) is 3.50. The van der Waals surface area contributed by atoms with E-state index in [0.29, 0.717) is 12.8 Å². The van der Waals surface area contributed by atoms with Crippen molar-refractivity contribution in [2.45, 2.75) is 64.2 Å². The first-order chi connectivity index (χ1) is 10.1. The Bertz CT molecular complexity index is 355. The van der Waals surface area contributed by atoms with Crippen molar-refractivity contribution < 1.29 is 14.7 Å². The number of aliphatic carboxylic acids is 1. The second-order valence-corrected chi connectivity index (χ2v) is 6.56. The van der Waals surface area contributed by atoms with Crippen LogP contribution in [0.2, 0.25) is 0 Å². The lowest BCUT2D eigenvalue weighted by Gasteiger charge is -2.30. The maximum absolute atomic E-state index is 12.3. The van der Waals surface area contributed by atoms with Crippen molar-refractivity contribution in [2.75, 3.05) is 19.6 Å². The van der Waals surface area contributed by atoms with Gasteiger partial charge in [-0.3, -0.25) is 4.79 Å². The van der Waals surface area contributed by atoms with Gasteiger partial charge in [0.2, 0.25) is 0 Å². The van der Waals surface area contributed by atoms with E-state index in [1.165, 1.54) is 12.8 Å². The molecular formula is C16H28N2O3. The Hall–Kier alpha value is -1.26. The summed E-state index contributed by atoms with van der Waals surface area (Å²) in [5, 5.41) is 12.5. The summed E-state index contributed by atoms with van der Waals surface area (Å²) in [5.41, 5.74) is -0.752. The van der Waals surface area contributed by atoms with E-state index in [1.807, 2.05) is 4.90 Å². The molecule has 0 atom stereocenters. The molecule has 0 aromatic heterocycles. The second kappa shape index (κ2) is 7.66. The summed E-state index contributed by atoms with van der Waals surface area (Å²) in [6, 6.07) is -0.0817. The van der Waals surface area contributed by atoms with Crippen molar-refractivity contribution in [3.8, 4) is 0 Å². The Kier molecular flexibility index (Phi) is 5.88. The average Bonchev–Trinajstić information content (AvgIpc) is 2.88. The van der Waals surface area contributed by atoms with E-state index in [2.05, 4.69) is 5.32 Å². The Morgan fingerprint density at radius 1 is 0.905 bits per heavy atom. The molecule has 0 aromatic rings. The molecule has 21 heavy (non-hydrogen) atoms. The number of carbonyl (C=O) groups is 2. The summed E-state index contributed by atoms with van der Waals surface area (Å²) in [4.78, 5) is 25.8. The maximum Gasteiger partial charge on any atom is 0.317 e. The molecule has 0 aromatic carbocycles. The van der Waals surface area contributed by atoms with Crippen LogP contribution >= 0.6 is 0 Å². The third-order valence-electron chi connectivity index (χ3n) is 4.99. The van der Waals surface area contributed by atoms with E-state index in [0.717, 1.165) is 51.6 Å². The van der Waals surface area contributed by atoms with E-state index in [9.17, 15) is 14.7 Å². The van der Waals surface area contributed by atoms with Crippen LogP contribution in [-0.2, 0) is 4.79 Å². The zero-order valence-corrected chi connectivity index (χ0v) is 12.9. The number of nitrogens with zero attached hydrogens (tertiary/aromatic N) is 1. The molecule has 2 fully saturated rings. The van der Waals surface area contributed by atoms with Crippen LogP contribution in [0, 0.1) is 5.41 Å². The molecule has 2 amide bonds. The highest BCUT2D eigenvalue weighted by Gasteiger charge is 2.39. The number of hydrogen-bond donors (Lipinski definition) is 2. The predicted octanol–water partition coefficient (Wildman–Crippen LogP) is 3.00. The lowest BCUT2D eigenvalue weighted by Crippen LogP contribution is -2.47. The topological polar surface area (TPSA) is 69.6 Å². The van der Waals surface area contributed by atoms with E-state index in [1.54, 1.807) is 0 Å². The van der Waals surface area contributed by atoms with Gasteiger partial charge in [0.25, 0.3) is 0 Å². The van der Waals surface area contributed by atoms with Crippen LogP contribution in [0.15, 0.2) is 0 Å². The van der Waals surface area contributed by atoms with Crippen molar-refractivity contribution in [3.63, 3.8) is 0 Å². The lowest BCUT2D eigenvalue weighted by atomic mass is 9.80. The molecule has 5 nitrogen and oxygen atoms in total. The van der Waals surface area contributed by atoms with Gasteiger partial charge in [-0.15, -0.1) is 0 Å². The number of hydrogen-bond acceptors (Lipinski definition) is 2. The zero-order valence-electron chi connectivity index (χ0n) is 12.9. The summed E-state index contributed by atoms with van der Waals surface area (Å²) >= 11 is 0. The Morgan fingerprint density at radius 2 is 1.43 bits per heavy atom. The van der Waals surface area contributed by atoms with E-state index in [4.69, 9.17) is 0 Å². The normalized spacial score (nSPS) is 23.0. The van der Waals surface area contributed by atoms with Gasteiger partial charge in [0.15, 0.2) is 0 Å². The Balaban J connectivity index is 1.91. The van der Waals surface area contributed by atoms with Crippen LogP contribution < -0.4 is 5.32 Å². The molecule has 5 heteroatoms. The molecule has 0 radical (unpaired) electrons. The highest BCUT2D eigenvalue weighted by Crippen LogP contribution is 2.34. The zero-order chi connectivity index (χ0) is 15.1. The SMILES string of the molecule is O=C(NCC1(C(=O)O)CCCCCC1)N1CCCCCC1. The van der Waals surface area contributed by atoms with Gasteiger partial charge in [0, 0.05) is 19.6 Å². The fourth-order valence-corrected chi connectivity index (χ4v) is 3.50. The standard InChI is InChI=1S/C16H28N2O3/c19-14(20)16(9-5-1-2-6-10-16)13-17-15(21)18-11-7-3-4-8-12-18/h1-13H2,(H,17,21)(H,19,20). The molecule has 0 unspecified atom stereocenters.